The average Bonchev–Trinajstić information content (AvgIpc) is 3.38. The lowest BCUT2D eigenvalue weighted by Crippen LogP contribution is -2.14. The number of amides is 1. The van der Waals surface area contributed by atoms with Crippen molar-refractivity contribution in [2.45, 2.75) is 19.1 Å². The molecule has 0 aliphatic rings. The van der Waals surface area contributed by atoms with Crippen LogP contribution < -0.4 is 10.6 Å². The molecule has 172 valence electrons. The van der Waals surface area contributed by atoms with Gasteiger partial charge in [0.2, 0.25) is 5.82 Å². The fraction of sp³-hybridized carbons (Fsp3) is 0.120. The minimum atomic E-state index is -0.559. The number of tetrazole rings is 1. The number of halogens is 1. The number of carbonyl (C=O) groups excluding carboxylic acids is 1. The van der Waals surface area contributed by atoms with Crippen LogP contribution in [0.4, 0.5) is 16.2 Å². The summed E-state index contributed by atoms with van der Waals surface area (Å²) in [7, 11) is 0. The van der Waals surface area contributed by atoms with E-state index < -0.39 is 6.09 Å². The number of nitrogens with one attached hydrogen (secondary N) is 3. The third-order valence-corrected chi connectivity index (χ3v) is 5.24. The third-order valence-electron chi connectivity index (χ3n) is 5.02. The normalized spacial score (nSPS) is 11.4. The number of benzene rings is 3. The molecule has 0 unspecified atom stereocenters. The monoisotopic (exact) mass is 474 g/mol. The molecule has 1 aromatic heterocycles. The summed E-state index contributed by atoms with van der Waals surface area (Å²) in [5.74, 6) is 0.532. The highest BCUT2D eigenvalue weighted by atomic mass is 35.5. The first-order valence-electron chi connectivity index (χ1n) is 10.6. The Morgan fingerprint density at radius 1 is 1.09 bits per heavy atom. The van der Waals surface area contributed by atoms with Crippen LogP contribution in [-0.4, -0.2) is 26.7 Å². The Labute approximate surface area is 202 Å². The Bertz CT molecular complexity index is 1230. The van der Waals surface area contributed by atoms with Gasteiger partial charge >= 0.3 is 6.09 Å². The van der Waals surface area contributed by atoms with E-state index in [0.717, 1.165) is 22.4 Å². The van der Waals surface area contributed by atoms with Crippen LogP contribution in [0.2, 0.25) is 5.02 Å². The minimum Gasteiger partial charge on any atom is -0.444 e. The summed E-state index contributed by atoms with van der Waals surface area (Å²) in [5, 5.41) is 20.7. The average molecular weight is 475 g/mol. The van der Waals surface area contributed by atoms with E-state index in [1.54, 1.807) is 18.2 Å². The second-order valence-corrected chi connectivity index (χ2v) is 7.93. The van der Waals surface area contributed by atoms with Gasteiger partial charge < -0.3 is 10.1 Å². The third kappa shape index (κ3) is 6.20. The molecule has 4 rings (SSSR count). The van der Waals surface area contributed by atoms with Gasteiger partial charge in [0, 0.05) is 22.0 Å². The molecule has 0 fully saturated rings. The molecule has 3 aromatic carbocycles. The van der Waals surface area contributed by atoms with Crippen molar-refractivity contribution in [2.75, 3.05) is 10.6 Å². The van der Waals surface area contributed by atoms with Gasteiger partial charge in [-0.3, -0.25) is 5.32 Å². The highest BCUT2D eigenvalue weighted by molar-refractivity contribution is 6.31. The lowest BCUT2D eigenvalue weighted by molar-refractivity contribution is 0.155. The van der Waals surface area contributed by atoms with E-state index in [2.05, 4.69) is 37.8 Å². The standard InChI is InChI=1S/C25H23ClN6O2/c1-2-6-23(18-9-11-19(12-10-18)24-29-31-32-30-24)27-21-13-20(26)14-22(15-21)28-25(33)34-16-17-7-4-3-5-8-17/h2-5,7-15,23,27H,1,6,16H2,(H,28,33)(H,29,30,31,32)/t23-/m0/s1. The summed E-state index contributed by atoms with van der Waals surface area (Å²) in [4.78, 5) is 12.3. The van der Waals surface area contributed by atoms with Gasteiger partial charge in [-0.1, -0.05) is 72.3 Å². The van der Waals surface area contributed by atoms with Gasteiger partial charge in [-0.2, -0.15) is 5.21 Å². The van der Waals surface area contributed by atoms with Crippen molar-refractivity contribution in [3.05, 3.63) is 102 Å². The Balaban J connectivity index is 1.44. The van der Waals surface area contributed by atoms with E-state index in [4.69, 9.17) is 16.3 Å². The zero-order valence-corrected chi connectivity index (χ0v) is 19.0. The van der Waals surface area contributed by atoms with Gasteiger partial charge in [0.25, 0.3) is 0 Å². The Morgan fingerprint density at radius 3 is 2.56 bits per heavy atom. The molecule has 0 saturated carbocycles. The molecule has 9 heteroatoms. The van der Waals surface area contributed by atoms with Crippen molar-refractivity contribution in [1.82, 2.24) is 20.6 Å². The number of nitrogens with zero attached hydrogens (tertiary/aromatic N) is 3. The van der Waals surface area contributed by atoms with Gasteiger partial charge in [-0.05, 0) is 41.0 Å². The summed E-state index contributed by atoms with van der Waals surface area (Å²) < 4.78 is 5.30. The van der Waals surface area contributed by atoms with E-state index in [1.165, 1.54) is 0 Å². The predicted octanol–water partition coefficient (Wildman–Crippen LogP) is 6.00. The van der Waals surface area contributed by atoms with Crippen molar-refractivity contribution in [2.24, 2.45) is 0 Å². The zero-order chi connectivity index (χ0) is 23.8. The highest BCUT2D eigenvalue weighted by Crippen LogP contribution is 2.29. The number of hydrogen-bond acceptors (Lipinski definition) is 6. The van der Waals surface area contributed by atoms with Crippen LogP contribution in [0.3, 0.4) is 0 Å². The maximum absolute atomic E-state index is 12.3. The molecule has 1 amide bonds. The van der Waals surface area contributed by atoms with Crippen LogP contribution in [0, 0.1) is 0 Å². The molecule has 8 nitrogen and oxygen atoms in total. The summed E-state index contributed by atoms with van der Waals surface area (Å²) >= 11 is 6.32. The van der Waals surface area contributed by atoms with E-state index >= 15 is 0 Å². The Morgan fingerprint density at radius 2 is 1.85 bits per heavy atom. The first kappa shape index (κ1) is 23.0. The molecule has 4 aromatic rings. The van der Waals surface area contributed by atoms with Crippen molar-refractivity contribution >= 4 is 29.1 Å². The van der Waals surface area contributed by atoms with Crippen LogP contribution in [0.25, 0.3) is 11.4 Å². The quantitative estimate of drug-likeness (QED) is 0.257. The molecule has 1 atom stereocenters. The molecule has 0 saturated heterocycles. The molecule has 1 heterocycles. The Hall–Kier alpha value is -4.17. The van der Waals surface area contributed by atoms with E-state index in [-0.39, 0.29) is 12.6 Å². The first-order chi connectivity index (χ1) is 16.6. The maximum atomic E-state index is 12.3. The fourth-order valence-corrected chi connectivity index (χ4v) is 3.65. The van der Waals surface area contributed by atoms with Crippen LogP contribution in [0.15, 0.2) is 85.5 Å². The summed E-state index contributed by atoms with van der Waals surface area (Å²) in [6.07, 6.45) is 1.96. The largest absolute Gasteiger partial charge is 0.444 e. The van der Waals surface area contributed by atoms with Crippen molar-refractivity contribution < 1.29 is 9.53 Å². The maximum Gasteiger partial charge on any atom is 0.411 e. The zero-order valence-electron chi connectivity index (χ0n) is 18.2. The first-order valence-corrected chi connectivity index (χ1v) is 11.0. The summed E-state index contributed by atoms with van der Waals surface area (Å²) in [6.45, 7) is 4.05. The number of rotatable bonds is 9. The molecule has 0 aliphatic carbocycles. The topological polar surface area (TPSA) is 105 Å². The lowest BCUT2D eigenvalue weighted by atomic mass is 10.0. The molecular weight excluding hydrogens is 452 g/mol. The van der Waals surface area contributed by atoms with Crippen LogP contribution in [-0.2, 0) is 11.3 Å². The van der Waals surface area contributed by atoms with Crippen molar-refractivity contribution in [3.63, 3.8) is 0 Å². The molecule has 0 radical (unpaired) electrons. The van der Waals surface area contributed by atoms with Gasteiger partial charge in [0.05, 0.1) is 6.04 Å². The molecule has 3 N–H and O–H groups in total. The number of anilines is 2. The highest BCUT2D eigenvalue weighted by Gasteiger charge is 2.13. The summed E-state index contributed by atoms with van der Waals surface area (Å²) in [5.41, 5.74) is 4.09. The van der Waals surface area contributed by atoms with Crippen molar-refractivity contribution in [1.29, 1.82) is 0 Å². The molecule has 0 aliphatic heterocycles. The minimum absolute atomic E-state index is 0.0619. The second kappa shape index (κ2) is 11.1. The number of aromatic amines is 1. The van der Waals surface area contributed by atoms with Gasteiger partial charge in [-0.15, -0.1) is 16.8 Å². The van der Waals surface area contributed by atoms with Crippen molar-refractivity contribution in [3.8, 4) is 11.4 Å². The second-order valence-electron chi connectivity index (χ2n) is 7.49. The Kier molecular flexibility index (Phi) is 7.52. The van der Waals surface area contributed by atoms with Gasteiger partial charge in [0.1, 0.15) is 6.61 Å². The summed E-state index contributed by atoms with van der Waals surface area (Å²) in [6, 6.07) is 22.6. The SMILES string of the molecule is C=CC[C@H](Nc1cc(Cl)cc(NC(=O)OCc2ccccc2)c1)c1ccc(-c2nn[nH]n2)cc1. The lowest BCUT2D eigenvalue weighted by Gasteiger charge is -2.20. The predicted molar refractivity (Wildman–Crippen MR) is 132 cm³/mol. The smallest absolute Gasteiger partial charge is 0.411 e. The van der Waals surface area contributed by atoms with E-state index in [1.807, 2.05) is 60.7 Å². The molecule has 0 bridgehead atoms. The number of H-pyrrole nitrogens is 1. The number of hydrogen-bond donors (Lipinski definition) is 3. The van der Waals surface area contributed by atoms with Crippen LogP contribution in [0.1, 0.15) is 23.6 Å². The van der Waals surface area contributed by atoms with Crippen LogP contribution >= 0.6 is 11.6 Å². The molecule has 0 spiro atoms. The fourth-order valence-electron chi connectivity index (χ4n) is 3.42. The van der Waals surface area contributed by atoms with Crippen LogP contribution in [0.5, 0.6) is 0 Å². The van der Waals surface area contributed by atoms with E-state index in [0.29, 0.717) is 23.0 Å². The van der Waals surface area contributed by atoms with Gasteiger partial charge in [-0.25, -0.2) is 4.79 Å². The number of ether oxygens (including phenoxy) is 1. The number of aromatic nitrogens is 4. The van der Waals surface area contributed by atoms with Gasteiger partial charge in [0.15, 0.2) is 0 Å². The number of carbonyl (C=O) groups is 1. The van der Waals surface area contributed by atoms with E-state index in [9.17, 15) is 4.79 Å². The molecular formula is C25H23ClN6O2. The molecule has 34 heavy (non-hydrogen) atoms.